The van der Waals surface area contributed by atoms with E-state index in [9.17, 15) is 22.0 Å². The maximum absolute atomic E-state index is 13.9. The summed E-state index contributed by atoms with van der Waals surface area (Å²) < 4.78 is 63.7. The zero-order chi connectivity index (χ0) is 20.1. The standard InChI is InChI=1S/C21H23F5N2/c22-16-5-10-19(20(23)11-16)15-3-1-14(2-4-15)12-27-17-6-8-18(9-7-17)28-13-21(24,25)26/h1-5,10-11,17-18,27-28H,6-9,12-13H2. The van der Waals surface area contributed by atoms with Crippen molar-refractivity contribution >= 4 is 0 Å². The van der Waals surface area contributed by atoms with Crippen molar-refractivity contribution in [2.75, 3.05) is 6.54 Å². The van der Waals surface area contributed by atoms with Gasteiger partial charge in [-0.2, -0.15) is 13.2 Å². The van der Waals surface area contributed by atoms with Crippen molar-refractivity contribution in [3.8, 4) is 11.1 Å². The molecule has 0 heterocycles. The minimum absolute atomic E-state index is 0.0791. The third kappa shape index (κ3) is 6.01. The van der Waals surface area contributed by atoms with Crippen molar-refractivity contribution in [2.24, 2.45) is 0 Å². The van der Waals surface area contributed by atoms with E-state index in [2.05, 4.69) is 10.6 Å². The van der Waals surface area contributed by atoms with Crippen LogP contribution in [0.15, 0.2) is 42.5 Å². The van der Waals surface area contributed by atoms with Gasteiger partial charge in [0.25, 0.3) is 0 Å². The summed E-state index contributed by atoms with van der Waals surface area (Å²) in [5.74, 6) is -1.20. The van der Waals surface area contributed by atoms with Crippen LogP contribution in [0.1, 0.15) is 31.2 Å². The molecule has 2 aromatic rings. The van der Waals surface area contributed by atoms with E-state index >= 15 is 0 Å². The molecule has 2 N–H and O–H groups in total. The number of rotatable bonds is 6. The maximum Gasteiger partial charge on any atom is 0.401 e. The van der Waals surface area contributed by atoms with Gasteiger partial charge in [-0.15, -0.1) is 0 Å². The molecule has 1 aliphatic carbocycles. The molecule has 0 radical (unpaired) electrons. The molecule has 0 saturated heterocycles. The quantitative estimate of drug-likeness (QED) is 0.655. The highest BCUT2D eigenvalue weighted by molar-refractivity contribution is 5.64. The first kappa shape index (κ1) is 20.7. The van der Waals surface area contributed by atoms with E-state index in [-0.39, 0.29) is 12.1 Å². The second kappa shape index (κ2) is 9.01. The topological polar surface area (TPSA) is 24.1 Å². The third-order valence-corrected chi connectivity index (χ3v) is 5.11. The summed E-state index contributed by atoms with van der Waals surface area (Å²) in [6.45, 7) is -0.297. The molecule has 28 heavy (non-hydrogen) atoms. The Hall–Kier alpha value is -1.99. The van der Waals surface area contributed by atoms with Crippen LogP contribution in [0.5, 0.6) is 0 Å². The van der Waals surface area contributed by atoms with Gasteiger partial charge in [-0.3, -0.25) is 0 Å². The SMILES string of the molecule is Fc1ccc(-c2ccc(CNC3CCC(NCC(F)(F)F)CC3)cc2)c(F)c1. The third-order valence-electron chi connectivity index (χ3n) is 5.11. The summed E-state index contributed by atoms with van der Waals surface area (Å²) in [7, 11) is 0. The predicted octanol–water partition coefficient (Wildman–Crippen LogP) is 5.18. The van der Waals surface area contributed by atoms with E-state index in [4.69, 9.17) is 0 Å². The minimum atomic E-state index is -4.17. The normalized spacial score (nSPS) is 20.3. The Bertz CT molecular complexity index is 765. The highest BCUT2D eigenvalue weighted by Gasteiger charge is 2.29. The van der Waals surface area contributed by atoms with E-state index in [0.29, 0.717) is 17.7 Å². The molecule has 2 nitrogen and oxygen atoms in total. The lowest BCUT2D eigenvalue weighted by atomic mass is 9.91. The van der Waals surface area contributed by atoms with Gasteiger partial charge in [-0.25, -0.2) is 8.78 Å². The van der Waals surface area contributed by atoms with Crippen LogP contribution in [0, 0.1) is 11.6 Å². The summed E-state index contributed by atoms with van der Waals surface area (Å²) in [5.41, 5.74) is 2.06. The molecule has 0 bridgehead atoms. The second-order valence-corrected chi connectivity index (χ2v) is 7.25. The Morgan fingerprint density at radius 2 is 1.43 bits per heavy atom. The number of benzene rings is 2. The van der Waals surface area contributed by atoms with E-state index in [1.807, 2.05) is 12.1 Å². The van der Waals surface area contributed by atoms with Gasteiger partial charge in [0.2, 0.25) is 0 Å². The molecule has 2 aromatic carbocycles. The summed E-state index contributed by atoms with van der Waals surface area (Å²) in [6.07, 6.45) is -1.08. The number of alkyl halides is 3. The van der Waals surface area contributed by atoms with Gasteiger partial charge in [0, 0.05) is 30.3 Å². The highest BCUT2D eigenvalue weighted by Crippen LogP contribution is 2.24. The number of hydrogen-bond acceptors (Lipinski definition) is 2. The predicted molar refractivity (Wildman–Crippen MR) is 98.7 cm³/mol. The monoisotopic (exact) mass is 398 g/mol. The van der Waals surface area contributed by atoms with E-state index in [1.165, 1.54) is 12.1 Å². The number of halogens is 5. The van der Waals surface area contributed by atoms with Gasteiger partial charge < -0.3 is 10.6 Å². The van der Waals surface area contributed by atoms with Crippen molar-refractivity contribution in [1.82, 2.24) is 10.6 Å². The highest BCUT2D eigenvalue weighted by atomic mass is 19.4. The lowest BCUT2D eigenvalue weighted by Gasteiger charge is -2.30. The largest absolute Gasteiger partial charge is 0.401 e. The second-order valence-electron chi connectivity index (χ2n) is 7.25. The molecule has 0 atom stereocenters. The Morgan fingerprint density at radius 3 is 2.00 bits per heavy atom. The Kier molecular flexibility index (Phi) is 6.67. The molecule has 7 heteroatoms. The maximum atomic E-state index is 13.9. The van der Waals surface area contributed by atoms with Gasteiger partial charge >= 0.3 is 6.18 Å². The zero-order valence-electron chi connectivity index (χ0n) is 15.3. The Morgan fingerprint density at radius 1 is 0.821 bits per heavy atom. The van der Waals surface area contributed by atoms with Crippen LogP contribution in [0.3, 0.4) is 0 Å². The molecule has 1 saturated carbocycles. The first-order chi connectivity index (χ1) is 13.3. The van der Waals surface area contributed by atoms with Crippen molar-refractivity contribution in [1.29, 1.82) is 0 Å². The smallest absolute Gasteiger partial charge is 0.310 e. The van der Waals surface area contributed by atoms with Gasteiger partial charge in [-0.05, 0) is 48.9 Å². The molecule has 0 spiro atoms. The molecule has 1 aliphatic rings. The molecule has 0 aromatic heterocycles. The lowest BCUT2D eigenvalue weighted by Crippen LogP contribution is -2.42. The van der Waals surface area contributed by atoms with Crippen molar-refractivity contribution < 1.29 is 22.0 Å². The van der Waals surface area contributed by atoms with Gasteiger partial charge in [0.1, 0.15) is 11.6 Å². The Labute approximate surface area is 161 Å². The summed E-state index contributed by atoms with van der Waals surface area (Å²) in [4.78, 5) is 0. The van der Waals surface area contributed by atoms with E-state index in [1.54, 1.807) is 12.1 Å². The molecular weight excluding hydrogens is 375 g/mol. The fourth-order valence-corrected chi connectivity index (χ4v) is 3.55. The van der Waals surface area contributed by atoms with Crippen LogP contribution in [-0.4, -0.2) is 24.8 Å². The first-order valence-corrected chi connectivity index (χ1v) is 9.38. The van der Waals surface area contributed by atoms with Crippen molar-refractivity contribution in [3.63, 3.8) is 0 Å². The van der Waals surface area contributed by atoms with E-state index < -0.39 is 24.4 Å². The van der Waals surface area contributed by atoms with Crippen molar-refractivity contribution in [2.45, 2.75) is 50.5 Å². The van der Waals surface area contributed by atoms with Crippen LogP contribution >= 0.6 is 0 Å². The molecule has 1 fully saturated rings. The molecule has 3 rings (SSSR count). The van der Waals surface area contributed by atoms with Crippen LogP contribution in [-0.2, 0) is 6.54 Å². The summed E-state index contributed by atoms with van der Waals surface area (Å²) >= 11 is 0. The minimum Gasteiger partial charge on any atom is -0.310 e. The van der Waals surface area contributed by atoms with Crippen LogP contribution < -0.4 is 10.6 Å². The van der Waals surface area contributed by atoms with Crippen LogP contribution in [0.25, 0.3) is 11.1 Å². The van der Waals surface area contributed by atoms with Crippen molar-refractivity contribution in [3.05, 3.63) is 59.7 Å². The van der Waals surface area contributed by atoms with Gasteiger partial charge in [-0.1, -0.05) is 24.3 Å². The Balaban J connectivity index is 1.46. The van der Waals surface area contributed by atoms with Gasteiger partial charge in [0.15, 0.2) is 0 Å². The van der Waals surface area contributed by atoms with Crippen LogP contribution in [0.2, 0.25) is 0 Å². The fourth-order valence-electron chi connectivity index (χ4n) is 3.55. The lowest BCUT2D eigenvalue weighted by molar-refractivity contribution is -0.126. The number of nitrogens with one attached hydrogen (secondary N) is 2. The molecule has 0 aliphatic heterocycles. The van der Waals surface area contributed by atoms with Gasteiger partial charge in [0.05, 0.1) is 6.54 Å². The van der Waals surface area contributed by atoms with E-state index in [0.717, 1.165) is 37.3 Å². The fraction of sp³-hybridized carbons (Fsp3) is 0.429. The van der Waals surface area contributed by atoms with Crippen LogP contribution in [0.4, 0.5) is 22.0 Å². The summed E-state index contributed by atoms with van der Waals surface area (Å²) in [5, 5.41) is 6.01. The molecule has 0 amide bonds. The average Bonchev–Trinajstić information content (AvgIpc) is 2.66. The molecule has 152 valence electrons. The first-order valence-electron chi connectivity index (χ1n) is 9.38. The zero-order valence-corrected chi connectivity index (χ0v) is 15.3. The number of hydrogen-bond donors (Lipinski definition) is 2. The molecular formula is C21H23F5N2. The average molecular weight is 398 g/mol. The summed E-state index contributed by atoms with van der Waals surface area (Å²) in [6, 6.07) is 11.1. The molecule has 0 unspecified atom stereocenters.